The highest BCUT2D eigenvalue weighted by molar-refractivity contribution is 5.81. The number of aliphatic imine (C=N–C) groups is 1. The molecule has 7 nitrogen and oxygen atoms in total. The zero-order chi connectivity index (χ0) is 19.8. The molecule has 3 aliphatic rings. The van der Waals surface area contributed by atoms with E-state index < -0.39 is 0 Å². The fraction of sp³-hybridized carbons (Fsp3) is 0.905. The van der Waals surface area contributed by atoms with Crippen molar-refractivity contribution >= 4 is 11.9 Å². The van der Waals surface area contributed by atoms with Crippen molar-refractivity contribution in [2.24, 2.45) is 10.9 Å². The second-order valence-electron chi connectivity index (χ2n) is 8.75. The maximum absolute atomic E-state index is 12.6. The second-order valence-corrected chi connectivity index (χ2v) is 8.75. The topological polar surface area (TPSA) is 63.2 Å². The molecule has 0 radical (unpaired) electrons. The van der Waals surface area contributed by atoms with Crippen molar-refractivity contribution in [1.29, 1.82) is 0 Å². The van der Waals surface area contributed by atoms with Crippen molar-refractivity contribution in [3.05, 3.63) is 0 Å². The SMILES string of the molecule is CN=C(NCCCCN1CCN(C)CC1)NC1CCN(C(=O)C2CCCC2)C1. The molecule has 2 heterocycles. The Balaban J connectivity index is 1.28. The molecule has 0 aromatic carbocycles. The van der Waals surface area contributed by atoms with Crippen molar-refractivity contribution in [1.82, 2.24) is 25.3 Å². The zero-order valence-corrected chi connectivity index (χ0v) is 18.0. The molecule has 3 fully saturated rings. The van der Waals surface area contributed by atoms with E-state index in [1.54, 1.807) is 0 Å². The van der Waals surface area contributed by atoms with E-state index in [1.165, 1.54) is 52.0 Å². The summed E-state index contributed by atoms with van der Waals surface area (Å²) in [5.74, 6) is 1.55. The minimum absolute atomic E-state index is 0.288. The molecule has 1 saturated carbocycles. The van der Waals surface area contributed by atoms with Crippen LogP contribution in [0, 0.1) is 5.92 Å². The van der Waals surface area contributed by atoms with E-state index in [-0.39, 0.29) is 5.92 Å². The average Bonchev–Trinajstić information content (AvgIpc) is 3.40. The highest BCUT2D eigenvalue weighted by Gasteiger charge is 2.32. The summed E-state index contributed by atoms with van der Waals surface area (Å²) < 4.78 is 0. The molecule has 1 aliphatic carbocycles. The van der Waals surface area contributed by atoms with Crippen LogP contribution in [0.25, 0.3) is 0 Å². The Labute approximate surface area is 170 Å². The van der Waals surface area contributed by atoms with Gasteiger partial charge in [-0.1, -0.05) is 12.8 Å². The summed E-state index contributed by atoms with van der Waals surface area (Å²) in [5.41, 5.74) is 0. The summed E-state index contributed by atoms with van der Waals surface area (Å²) in [7, 11) is 4.03. The molecule has 3 rings (SSSR count). The summed E-state index contributed by atoms with van der Waals surface area (Å²) in [6, 6.07) is 0.321. The van der Waals surface area contributed by atoms with Crippen LogP contribution in [0.2, 0.25) is 0 Å². The number of likely N-dealkylation sites (N-methyl/N-ethyl adjacent to an activating group) is 1. The largest absolute Gasteiger partial charge is 0.356 e. The minimum atomic E-state index is 0.288. The lowest BCUT2D eigenvalue weighted by Gasteiger charge is -2.32. The molecule has 1 atom stereocenters. The van der Waals surface area contributed by atoms with Crippen LogP contribution in [0.4, 0.5) is 0 Å². The Morgan fingerprint density at radius 2 is 1.79 bits per heavy atom. The Bertz CT molecular complexity index is 511. The van der Waals surface area contributed by atoms with Crippen LogP contribution in [0.5, 0.6) is 0 Å². The van der Waals surface area contributed by atoms with Gasteiger partial charge in [-0.3, -0.25) is 9.79 Å². The van der Waals surface area contributed by atoms with Crippen LogP contribution >= 0.6 is 0 Å². The van der Waals surface area contributed by atoms with Crippen molar-refractivity contribution in [2.45, 2.75) is 51.0 Å². The van der Waals surface area contributed by atoms with E-state index in [4.69, 9.17) is 0 Å². The Morgan fingerprint density at radius 3 is 2.50 bits per heavy atom. The van der Waals surface area contributed by atoms with E-state index in [9.17, 15) is 4.79 Å². The normalized spacial score (nSPS) is 25.4. The average molecular weight is 393 g/mol. The molecule has 2 saturated heterocycles. The van der Waals surface area contributed by atoms with Gasteiger partial charge in [0.25, 0.3) is 0 Å². The number of likely N-dealkylation sites (tertiary alicyclic amines) is 1. The quantitative estimate of drug-likeness (QED) is 0.384. The molecule has 0 aromatic rings. The third-order valence-electron chi connectivity index (χ3n) is 6.56. The van der Waals surface area contributed by atoms with Gasteiger partial charge in [0.2, 0.25) is 5.91 Å². The first-order chi connectivity index (χ1) is 13.7. The smallest absolute Gasteiger partial charge is 0.225 e. The van der Waals surface area contributed by atoms with Crippen LogP contribution in [0.3, 0.4) is 0 Å². The highest BCUT2D eigenvalue weighted by Crippen LogP contribution is 2.27. The lowest BCUT2D eigenvalue weighted by Crippen LogP contribution is -2.46. The van der Waals surface area contributed by atoms with Crippen molar-refractivity contribution < 1.29 is 4.79 Å². The number of guanidine groups is 1. The van der Waals surface area contributed by atoms with Gasteiger partial charge in [0.15, 0.2) is 5.96 Å². The van der Waals surface area contributed by atoms with E-state index in [1.807, 2.05) is 7.05 Å². The molecule has 7 heteroatoms. The van der Waals surface area contributed by atoms with Crippen LogP contribution < -0.4 is 10.6 Å². The molecule has 0 aromatic heterocycles. The molecule has 2 aliphatic heterocycles. The van der Waals surface area contributed by atoms with Crippen LogP contribution in [-0.4, -0.2) is 99.1 Å². The van der Waals surface area contributed by atoms with E-state index >= 15 is 0 Å². The van der Waals surface area contributed by atoms with Crippen LogP contribution in [-0.2, 0) is 4.79 Å². The fourth-order valence-electron chi connectivity index (χ4n) is 4.64. The van der Waals surface area contributed by atoms with Gasteiger partial charge in [0, 0.05) is 64.8 Å². The monoisotopic (exact) mass is 392 g/mol. The highest BCUT2D eigenvalue weighted by atomic mass is 16.2. The Morgan fingerprint density at radius 1 is 1.04 bits per heavy atom. The first-order valence-electron chi connectivity index (χ1n) is 11.3. The van der Waals surface area contributed by atoms with Gasteiger partial charge < -0.3 is 25.3 Å². The number of nitrogens with one attached hydrogen (secondary N) is 2. The van der Waals surface area contributed by atoms with Gasteiger partial charge in [-0.15, -0.1) is 0 Å². The fourth-order valence-corrected chi connectivity index (χ4v) is 4.64. The Kier molecular flexibility index (Phi) is 8.40. The summed E-state index contributed by atoms with van der Waals surface area (Å²) >= 11 is 0. The number of carbonyl (C=O) groups is 1. The lowest BCUT2D eigenvalue weighted by atomic mass is 10.1. The minimum Gasteiger partial charge on any atom is -0.356 e. The molecule has 1 amide bonds. The molecule has 160 valence electrons. The van der Waals surface area contributed by atoms with E-state index in [0.717, 1.165) is 51.3 Å². The number of rotatable bonds is 7. The summed E-state index contributed by atoms with van der Waals surface area (Å²) in [6.07, 6.45) is 8.01. The lowest BCUT2D eigenvalue weighted by molar-refractivity contribution is -0.134. The molecular weight excluding hydrogens is 352 g/mol. The van der Waals surface area contributed by atoms with Crippen molar-refractivity contribution in [3.63, 3.8) is 0 Å². The van der Waals surface area contributed by atoms with Gasteiger partial charge in [-0.05, 0) is 45.7 Å². The van der Waals surface area contributed by atoms with Gasteiger partial charge in [0.05, 0.1) is 0 Å². The standard InChI is InChI=1S/C21H40N6O/c1-22-21(23-10-5-6-11-26-15-13-25(2)14-16-26)24-19-9-12-27(17-19)20(28)18-7-3-4-8-18/h18-19H,3-17H2,1-2H3,(H2,22,23,24). The summed E-state index contributed by atoms with van der Waals surface area (Å²) in [5, 5.41) is 6.96. The van der Waals surface area contributed by atoms with E-state index in [0.29, 0.717) is 11.9 Å². The first-order valence-corrected chi connectivity index (χ1v) is 11.3. The number of amides is 1. The molecule has 1 unspecified atom stereocenters. The Hall–Kier alpha value is -1.34. The van der Waals surface area contributed by atoms with Crippen LogP contribution in [0.1, 0.15) is 44.9 Å². The number of carbonyl (C=O) groups excluding carboxylic acids is 1. The van der Waals surface area contributed by atoms with E-state index in [2.05, 4.69) is 37.4 Å². The maximum atomic E-state index is 12.6. The third kappa shape index (κ3) is 6.34. The van der Waals surface area contributed by atoms with Gasteiger partial charge in [0.1, 0.15) is 0 Å². The predicted octanol–water partition coefficient (Wildman–Crippen LogP) is 0.970. The third-order valence-corrected chi connectivity index (χ3v) is 6.56. The first kappa shape index (κ1) is 21.4. The molecular formula is C21H40N6O. The summed E-state index contributed by atoms with van der Waals surface area (Å²) in [4.78, 5) is 24.0. The molecule has 2 N–H and O–H groups in total. The number of hydrogen-bond acceptors (Lipinski definition) is 4. The number of nitrogens with zero attached hydrogens (tertiary/aromatic N) is 4. The van der Waals surface area contributed by atoms with Crippen molar-refractivity contribution in [3.8, 4) is 0 Å². The number of unbranched alkanes of at least 4 members (excludes halogenated alkanes) is 1. The van der Waals surface area contributed by atoms with Gasteiger partial charge in [-0.2, -0.15) is 0 Å². The number of hydrogen-bond donors (Lipinski definition) is 2. The maximum Gasteiger partial charge on any atom is 0.225 e. The van der Waals surface area contributed by atoms with Crippen molar-refractivity contribution in [2.75, 3.05) is 66.5 Å². The zero-order valence-electron chi connectivity index (χ0n) is 18.0. The molecule has 28 heavy (non-hydrogen) atoms. The molecule has 0 bridgehead atoms. The molecule has 0 spiro atoms. The number of piperazine rings is 1. The van der Waals surface area contributed by atoms with Gasteiger partial charge in [-0.25, -0.2) is 0 Å². The summed E-state index contributed by atoms with van der Waals surface area (Å²) in [6.45, 7) is 8.63. The van der Waals surface area contributed by atoms with Gasteiger partial charge >= 0.3 is 0 Å². The van der Waals surface area contributed by atoms with Crippen LogP contribution in [0.15, 0.2) is 4.99 Å². The second kappa shape index (κ2) is 11.0. The predicted molar refractivity (Wildman–Crippen MR) is 115 cm³/mol.